The van der Waals surface area contributed by atoms with Gasteiger partial charge in [0, 0.05) is 50.1 Å². The third-order valence-electron chi connectivity index (χ3n) is 4.26. The van der Waals surface area contributed by atoms with Crippen LogP contribution in [0.4, 0.5) is 5.69 Å². The van der Waals surface area contributed by atoms with Crippen LogP contribution >= 0.6 is 11.3 Å². The molecule has 1 fully saturated rings. The Morgan fingerprint density at radius 1 is 1.12 bits per heavy atom. The molecule has 0 unspecified atom stereocenters. The first-order valence-electron chi connectivity index (χ1n) is 8.26. The molecular formula is C18H21N3O3S. The third-order valence-corrected chi connectivity index (χ3v) is 4.95. The maximum atomic E-state index is 12.3. The van der Waals surface area contributed by atoms with Crippen LogP contribution in [0.5, 0.6) is 5.75 Å². The van der Waals surface area contributed by atoms with E-state index < -0.39 is 0 Å². The van der Waals surface area contributed by atoms with Crippen LogP contribution < -0.4 is 10.2 Å². The van der Waals surface area contributed by atoms with Crippen molar-refractivity contribution in [1.29, 1.82) is 0 Å². The number of piperazine rings is 1. The van der Waals surface area contributed by atoms with Gasteiger partial charge in [0.1, 0.15) is 5.75 Å². The van der Waals surface area contributed by atoms with E-state index in [0.29, 0.717) is 44.7 Å². The number of anilines is 1. The van der Waals surface area contributed by atoms with Gasteiger partial charge in [-0.2, -0.15) is 11.3 Å². The van der Waals surface area contributed by atoms with Crippen molar-refractivity contribution in [3.8, 4) is 5.75 Å². The van der Waals surface area contributed by atoms with Crippen molar-refractivity contribution in [2.75, 3.05) is 37.6 Å². The van der Waals surface area contributed by atoms with Crippen LogP contribution in [0.25, 0.3) is 0 Å². The van der Waals surface area contributed by atoms with Crippen LogP contribution in [-0.4, -0.2) is 54.5 Å². The maximum absolute atomic E-state index is 12.3. The number of hydrogen-bond acceptors (Lipinski definition) is 5. The molecule has 0 saturated carbocycles. The molecular weight excluding hydrogens is 338 g/mol. The summed E-state index contributed by atoms with van der Waals surface area (Å²) in [4.78, 5) is 28.0. The van der Waals surface area contributed by atoms with Crippen LogP contribution in [0.1, 0.15) is 16.8 Å². The summed E-state index contributed by atoms with van der Waals surface area (Å²) >= 11 is 1.47. The van der Waals surface area contributed by atoms with E-state index in [1.807, 2.05) is 22.4 Å². The van der Waals surface area contributed by atoms with Crippen LogP contribution in [0.2, 0.25) is 0 Å². The van der Waals surface area contributed by atoms with Gasteiger partial charge >= 0.3 is 0 Å². The SMILES string of the molecule is O=C(NCCC(=O)N1CCN(c2ccccc2O)CC1)c1ccsc1. The van der Waals surface area contributed by atoms with E-state index in [-0.39, 0.29) is 17.6 Å². The van der Waals surface area contributed by atoms with Crippen LogP contribution in [0, 0.1) is 0 Å². The van der Waals surface area contributed by atoms with Gasteiger partial charge in [-0.15, -0.1) is 0 Å². The van der Waals surface area contributed by atoms with Gasteiger partial charge in [-0.3, -0.25) is 9.59 Å². The summed E-state index contributed by atoms with van der Waals surface area (Å²) in [7, 11) is 0. The van der Waals surface area contributed by atoms with Crippen molar-refractivity contribution in [2.45, 2.75) is 6.42 Å². The Hall–Kier alpha value is -2.54. The largest absolute Gasteiger partial charge is 0.506 e. The predicted octanol–water partition coefficient (Wildman–Crippen LogP) is 1.92. The van der Waals surface area contributed by atoms with Crippen LogP contribution in [0.3, 0.4) is 0 Å². The Kier molecular flexibility index (Phi) is 5.55. The van der Waals surface area contributed by atoms with Crippen molar-refractivity contribution >= 4 is 28.8 Å². The lowest BCUT2D eigenvalue weighted by molar-refractivity contribution is -0.131. The lowest BCUT2D eigenvalue weighted by Crippen LogP contribution is -2.49. The highest BCUT2D eigenvalue weighted by Gasteiger charge is 2.22. The number of rotatable bonds is 5. The second-order valence-electron chi connectivity index (χ2n) is 5.87. The molecule has 2 aromatic rings. The van der Waals surface area contributed by atoms with Crippen LogP contribution in [-0.2, 0) is 4.79 Å². The first-order valence-corrected chi connectivity index (χ1v) is 9.20. The molecule has 1 aromatic heterocycles. The Morgan fingerprint density at radius 3 is 2.56 bits per heavy atom. The number of nitrogens with one attached hydrogen (secondary N) is 1. The summed E-state index contributed by atoms with van der Waals surface area (Å²) in [5.74, 6) is 0.166. The van der Waals surface area contributed by atoms with Gasteiger partial charge in [-0.1, -0.05) is 12.1 Å². The molecule has 1 aromatic carbocycles. The molecule has 0 spiro atoms. The summed E-state index contributed by atoms with van der Waals surface area (Å²) in [5, 5.41) is 16.3. The number of amides is 2. The summed E-state index contributed by atoms with van der Waals surface area (Å²) in [6.45, 7) is 2.94. The second kappa shape index (κ2) is 8.02. The number of benzene rings is 1. The fourth-order valence-electron chi connectivity index (χ4n) is 2.87. The summed E-state index contributed by atoms with van der Waals surface area (Å²) in [6.07, 6.45) is 0.298. The fraction of sp³-hybridized carbons (Fsp3) is 0.333. The lowest BCUT2D eigenvalue weighted by Gasteiger charge is -2.36. The molecule has 0 atom stereocenters. The fourth-order valence-corrected chi connectivity index (χ4v) is 3.50. The average Bonchev–Trinajstić information content (AvgIpc) is 3.17. The van der Waals surface area contributed by atoms with E-state index in [9.17, 15) is 14.7 Å². The minimum atomic E-state index is -0.140. The molecule has 2 N–H and O–H groups in total. The number of thiophene rings is 1. The van der Waals surface area contributed by atoms with E-state index >= 15 is 0 Å². The van der Waals surface area contributed by atoms with Gasteiger partial charge in [-0.25, -0.2) is 0 Å². The van der Waals surface area contributed by atoms with E-state index in [0.717, 1.165) is 5.69 Å². The van der Waals surface area contributed by atoms with E-state index in [1.165, 1.54) is 11.3 Å². The number of para-hydroxylation sites is 2. The van der Waals surface area contributed by atoms with Crippen molar-refractivity contribution < 1.29 is 14.7 Å². The van der Waals surface area contributed by atoms with Crippen molar-refractivity contribution in [2.24, 2.45) is 0 Å². The molecule has 2 amide bonds. The Labute approximate surface area is 150 Å². The zero-order valence-corrected chi connectivity index (χ0v) is 14.7. The Balaban J connectivity index is 1.42. The van der Waals surface area contributed by atoms with E-state index in [4.69, 9.17) is 0 Å². The molecule has 1 aliphatic heterocycles. The number of nitrogens with zero attached hydrogens (tertiary/aromatic N) is 2. The van der Waals surface area contributed by atoms with Gasteiger partial charge in [0.25, 0.3) is 5.91 Å². The number of carbonyl (C=O) groups excluding carboxylic acids is 2. The molecule has 3 rings (SSSR count). The van der Waals surface area contributed by atoms with Gasteiger partial charge in [0.2, 0.25) is 5.91 Å². The monoisotopic (exact) mass is 359 g/mol. The van der Waals surface area contributed by atoms with E-state index in [1.54, 1.807) is 23.6 Å². The number of phenolic OH excluding ortho intramolecular Hbond substituents is 1. The molecule has 132 valence electrons. The van der Waals surface area contributed by atoms with Gasteiger partial charge in [-0.05, 0) is 23.6 Å². The van der Waals surface area contributed by atoms with Gasteiger partial charge < -0.3 is 20.2 Å². The zero-order chi connectivity index (χ0) is 17.6. The van der Waals surface area contributed by atoms with Crippen molar-refractivity contribution in [3.05, 3.63) is 46.7 Å². The molecule has 0 bridgehead atoms. The first kappa shape index (κ1) is 17.3. The molecule has 2 heterocycles. The molecule has 1 saturated heterocycles. The highest BCUT2D eigenvalue weighted by Crippen LogP contribution is 2.27. The van der Waals surface area contributed by atoms with Crippen molar-refractivity contribution in [3.63, 3.8) is 0 Å². The molecule has 0 aliphatic carbocycles. The first-order chi connectivity index (χ1) is 12.1. The summed E-state index contributed by atoms with van der Waals surface area (Å²) < 4.78 is 0. The number of carbonyl (C=O) groups is 2. The van der Waals surface area contributed by atoms with Gasteiger partial charge in [0.15, 0.2) is 0 Å². The number of hydrogen-bond donors (Lipinski definition) is 2. The quantitative estimate of drug-likeness (QED) is 0.856. The molecule has 0 radical (unpaired) electrons. The van der Waals surface area contributed by atoms with Gasteiger partial charge in [0.05, 0.1) is 5.69 Å². The highest BCUT2D eigenvalue weighted by molar-refractivity contribution is 7.08. The highest BCUT2D eigenvalue weighted by atomic mass is 32.1. The lowest BCUT2D eigenvalue weighted by atomic mass is 10.2. The topological polar surface area (TPSA) is 72.9 Å². The predicted molar refractivity (Wildman–Crippen MR) is 98.2 cm³/mol. The molecule has 6 nitrogen and oxygen atoms in total. The Morgan fingerprint density at radius 2 is 1.88 bits per heavy atom. The normalized spacial score (nSPS) is 14.4. The Bertz CT molecular complexity index is 725. The minimum Gasteiger partial charge on any atom is -0.506 e. The number of aromatic hydroxyl groups is 1. The zero-order valence-electron chi connectivity index (χ0n) is 13.9. The van der Waals surface area contributed by atoms with E-state index in [2.05, 4.69) is 10.2 Å². The standard InChI is InChI=1S/C18H21N3O3S/c22-16-4-2-1-3-15(16)20-8-10-21(11-9-20)17(23)5-7-19-18(24)14-6-12-25-13-14/h1-4,6,12-13,22H,5,7-11H2,(H,19,24). The third kappa shape index (κ3) is 4.30. The summed E-state index contributed by atoms with van der Waals surface area (Å²) in [6, 6.07) is 9.00. The summed E-state index contributed by atoms with van der Waals surface area (Å²) in [5.41, 5.74) is 1.44. The smallest absolute Gasteiger partial charge is 0.252 e. The second-order valence-corrected chi connectivity index (χ2v) is 6.65. The number of phenols is 1. The van der Waals surface area contributed by atoms with Crippen LogP contribution in [0.15, 0.2) is 41.1 Å². The molecule has 25 heavy (non-hydrogen) atoms. The van der Waals surface area contributed by atoms with Crippen molar-refractivity contribution in [1.82, 2.24) is 10.2 Å². The molecule has 7 heteroatoms. The molecule has 1 aliphatic rings. The average molecular weight is 359 g/mol. The minimum absolute atomic E-state index is 0.0440. The maximum Gasteiger partial charge on any atom is 0.252 e.